The molecule has 2 rings (SSSR count). The summed E-state index contributed by atoms with van der Waals surface area (Å²) < 4.78 is 55.8. The fourth-order valence-corrected chi connectivity index (χ4v) is 6.90. The summed E-state index contributed by atoms with van der Waals surface area (Å²) in [6, 6.07) is 6.01. The summed E-state index contributed by atoms with van der Waals surface area (Å²) in [7, 11) is -5.59. The van der Waals surface area contributed by atoms with Crippen LogP contribution in [0.15, 0.2) is 29.2 Å². The van der Waals surface area contributed by atoms with Crippen molar-refractivity contribution in [2.45, 2.75) is 23.8 Å². The maximum atomic E-state index is 13.0. The predicted octanol–water partition coefficient (Wildman–Crippen LogP) is 0.222. The lowest BCUT2D eigenvalue weighted by molar-refractivity contribution is 0.238. The lowest BCUT2D eigenvalue weighted by atomic mass is 10.0. The summed E-state index contributed by atoms with van der Waals surface area (Å²) in [5.41, 5.74) is 4.59. The molecule has 1 heterocycles. The van der Waals surface area contributed by atoms with Gasteiger partial charge < -0.3 is 10.5 Å². The van der Waals surface area contributed by atoms with Gasteiger partial charge in [-0.3, -0.25) is 0 Å². The third kappa shape index (κ3) is 3.68. The molecule has 1 aliphatic rings. The molecule has 1 aromatic rings. The van der Waals surface area contributed by atoms with Crippen LogP contribution in [-0.4, -0.2) is 58.4 Å². The number of nitrogens with zero attached hydrogens (tertiary/aromatic N) is 1. The molecule has 130 valence electrons. The summed E-state index contributed by atoms with van der Waals surface area (Å²) in [6.07, 6.45) is 0.269. The fraction of sp³-hybridized carbons (Fsp3) is 0.571. The Morgan fingerprint density at radius 2 is 1.91 bits per heavy atom. The van der Waals surface area contributed by atoms with Gasteiger partial charge in [0.05, 0.1) is 23.5 Å². The summed E-state index contributed by atoms with van der Waals surface area (Å²) in [5.74, 6) is 0.349. The highest BCUT2D eigenvalue weighted by Gasteiger charge is 2.47. The van der Waals surface area contributed by atoms with Gasteiger partial charge in [0, 0.05) is 18.6 Å². The van der Waals surface area contributed by atoms with Crippen molar-refractivity contribution in [3.05, 3.63) is 24.3 Å². The van der Waals surface area contributed by atoms with Crippen LogP contribution in [0.5, 0.6) is 5.75 Å². The van der Waals surface area contributed by atoms with E-state index in [0.717, 1.165) is 0 Å². The van der Waals surface area contributed by atoms with Gasteiger partial charge in [-0.05, 0) is 37.6 Å². The number of benzene rings is 1. The predicted molar refractivity (Wildman–Crippen MR) is 87.6 cm³/mol. The molecule has 1 aromatic carbocycles. The van der Waals surface area contributed by atoms with Crippen molar-refractivity contribution in [2.75, 3.05) is 31.7 Å². The van der Waals surface area contributed by atoms with E-state index in [1.807, 2.05) is 0 Å². The first-order valence-electron chi connectivity index (χ1n) is 7.22. The first-order chi connectivity index (χ1) is 10.6. The number of methoxy groups -OCH3 is 1. The molecule has 0 aliphatic carbocycles. The molecule has 0 radical (unpaired) electrons. The lowest BCUT2D eigenvalue weighted by Gasteiger charge is -2.36. The van der Waals surface area contributed by atoms with Crippen molar-refractivity contribution >= 4 is 19.9 Å². The summed E-state index contributed by atoms with van der Waals surface area (Å²) in [5, 5.41) is 0. The zero-order chi connectivity index (χ0) is 17.3. The van der Waals surface area contributed by atoms with Gasteiger partial charge in [0.2, 0.25) is 10.0 Å². The van der Waals surface area contributed by atoms with Gasteiger partial charge in [0.15, 0.2) is 9.84 Å². The SMILES string of the molecule is COc1ccc(S(=O)(=O)N(CCN)[C@]2(C)CCS(=O)(=O)C2)cc1. The van der Waals surface area contributed by atoms with Crippen LogP contribution in [0.25, 0.3) is 0 Å². The molecule has 0 unspecified atom stereocenters. The van der Waals surface area contributed by atoms with E-state index in [-0.39, 0.29) is 35.9 Å². The van der Waals surface area contributed by atoms with Gasteiger partial charge in [-0.1, -0.05) is 0 Å². The van der Waals surface area contributed by atoms with E-state index < -0.39 is 25.4 Å². The third-order valence-corrected chi connectivity index (χ3v) is 8.02. The topological polar surface area (TPSA) is 107 Å². The lowest BCUT2D eigenvalue weighted by Crippen LogP contribution is -2.52. The highest BCUT2D eigenvalue weighted by Crippen LogP contribution is 2.34. The fourth-order valence-electron chi connectivity index (χ4n) is 2.86. The van der Waals surface area contributed by atoms with E-state index in [9.17, 15) is 16.8 Å². The summed E-state index contributed by atoms with van der Waals surface area (Å²) in [6.45, 7) is 1.85. The Balaban J connectivity index is 2.43. The average molecular weight is 362 g/mol. The first-order valence-corrected chi connectivity index (χ1v) is 10.5. The normalized spacial score (nSPS) is 24.0. The van der Waals surface area contributed by atoms with Gasteiger partial charge >= 0.3 is 0 Å². The second-order valence-corrected chi connectivity index (χ2v) is 9.93. The van der Waals surface area contributed by atoms with Crippen molar-refractivity contribution in [1.29, 1.82) is 0 Å². The summed E-state index contributed by atoms with van der Waals surface area (Å²) in [4.78, 5) is 0.0947. The Morgan fingerprint density at radius 3 is 2.35 bits per heavy atom. The van der Waals surface area contributed by atoms with Gasteiger partial charge in [-0.2, -0.15) is 4.31 Å². The number of nitrogens with two attached hydrogens (primary N) is 1. The summed E-state index contributed by atoms with van der Waals surface area (Å²) >= 11 is 0. The van der Waals surface area contributed by atoms with Crippen molar-refractivity contribution in [2.24, 2.45) is 5.73 Å². The van der Waals surface area contributed by atoms with Crippen LogP contribution in [0.2, 0.25) is 0 Å². The standard InChI is InChI=1S/C14H22N2O5S2/c1-14(7-10-22(17,18)11-14)16(9-8-15)23(19,20)13-5-3-12(21-2)4-6-13/h3-6H,7-11,15H2,1-2H3/t14-/m1/s1. The zero-order valence-corrected chi connectivity index (χ0v) is 14.9. The van der Waals surface area contributed by atoms with Crippen LogP contribution in [0.4, 0.5) is 0 Å². The Labute approximate surface area is 137 Å². The van der Waals surface area contributed by atoms with Crippen LogP contribution in [-0.2, 0) is 19.9 Å². The molecule has 0 bridgehead atoms. The maximum absolute atomic E-state index is 13.0. The number of sulfone groups is 1. The Bertz CT molecular complexity index is 759. The molecule has 1 saturated heterocycles. The molecule has 1 fully saturated rings. The van der Waals surface area contributed by atoms with Crippen molar-refractivity contribution in [1.82, 2.24) is 4.31 Å². The number of rotatable bonds is 6. The smallest absolute Gasteiger partial charge is 0.243 e. The van der Waals surface area contributed by atoms with Gasteiger partial charge in [0.1, 0.15) is 5.75 Å². The van der Waals surface area contributed by atoms with Gasteiger partial charge in [-0.25, -0.2) is 16.8 Å². The van der Waals surface area contributed by atoms with Crippen molar-refractivity contribution in [3.8, 4) is 5.75 Å². The van der Waals surface area contributed by atoms with Crippen molar-refractivity contribution in [3.63, 3.8) is 0 Å². The molecule has 2 N–H and O–H groups in total. The van der Waals surface area contributed by atoms with Crippen LogP contribution in [0.3, 0.4) is 0 Å². The first kappa shape index (κ1) is 18.2. The molecule has 7 nitrogen and oxygen atoms in total. The minimum absolute atomic E-state index is 0.0112. The second kappa shape index (κ2) is 6.39. The number of ether oxygens (including phenoxy) is 1. The maximum Gasteiger partial charge on any atom is 0.243 e. The molecule has 0 amide bonds. The molecular formula is C14H22N2O5S2. The average Bonchev–Trinajstić information content (AvgIpc) is 2.79. The molecule has 1 atom stereocenters. The molecule has 9 heteroatoms. The largest absolute Gasteiger partial charge is 0.497 e. The second-order valence-electron chi connectivity index (χ2n) is 5.88. The third-order valence-electron chi connectivity index (χ3n) is 4.06. The van der Waals surface area contributed by atoms with Crippen molar-refractivity contribution < 1.29 is 21.6 Å². The molecule has 23 heavy (non-hydrogen) atoms. The van der Waals surface area contributed by atoms with Crippen LogP contribution < -0.4 is 10.5 Å². The number of hydrogen-bond donors (Lipinski definition) is 1. The number of sulfonamides is 1. The van der Waals surface area contributed by atoms with Gasteiger partial charge in [0.25, 0.3) is 0 Å². The van der Waals surface area contributed by atoms with Crippen LogP contribution in [0, 0.1) is 0 Å². The molecule has 0 spiro atoms. The highest BCUT2D eigenvalue weighted by atomic mass is 32.2. The van der Waals surface area contributed by atoms with E-state index in [4.69, 9.17) is 10.5 Å². The quantitative estimate of drug-likeness (QED) is 0.776. The van der Waals surface area contributed by atoms with E-state index in [1.165, 1.54) is 23.5 Å². The molecular weight excluding hydrogens is 340 g/mol. The van der Waals surface area contributed by atoms with Gasteiger partial charge in [-0.15, -0.1) is 0 Å². The Hall–Kier alpha value is -1.16. The van der Waals surface area contributed by atoms with E-state index in [1.54, 1.807) is 19.1 Å². The molecule has 1 aliphatic heterocycles. The van der Waals surface area contributed by atoms with Crippen LogP contribution in [0.1, 0.15) is 13.3 Å². The Morgan fingerprint density at radius 1 is 1.30 bits per heavy atom. The number of hydrogen-bond acceptors (Lipinski definition) is 6. The Kier molecular flexibility index (Phi) is 5.05. The van der Waals surface area contributed by atoms with Crippen LogP contribution >= 0.6 is 0 Å². The van der Waals surface area contributed by atoms with E-state index in [2.05, 4.69) is 0 Å². The minimum Gasteiger partial charge on any atom is -0.497 e. The van der Waals surface area contributed by atoms with E-state index >= 15 is 0 Å². The monoisotopic (exact) mass is 362 g/mol. The highest BCUT2D eigenvalue weighted by molar-refractivity contribution is 7.92. The zero-order valence-electron chi connectivity index (χ0n) is 13.2. The molecule has 0 aromatic heterocycles. The molecule has 0 saturated carbocycles. The van der Waals surface area contributed by atoms with E-state index in [0.29, 0.717) is 5.75 Å². The minimum atomic E-state index is -3.85.